The van der Waals surface area contributed by atoms with Crippen molar-refractivity contribution in [3.63, 3.8) is 0 Å². The number of urea groups is 1. The number of nitrogens with zero attached hydrogens (tertiary/aromatic N) is 1. The first-order valence-electron chi connectivity index (χ1n) is 4.84. The minimum atomic E-state index is -0.562. The van der Waals surface area contributed by atoms with Gasteiger partial charge in [-0.05, 0) is 17.7 Å². The standard InChI is InChI=1S/C11H15N3O2/c1-14(2)10(15)9-5-3-8(4-6-9)7-13-11(12)16/h3-6H,7H2,1-2H3,(H3,12,13,16). The second-order valence-corrected chi connectivity index (χ2v) is 3.61. The van der Waals surface area contributed by atoms with Crippen LogP contribution in [0.3, 0.4) is 0 Å². The predicted octanol–water partition coefficient (Wildman–Crippen LogP) is 0.557. The van der Waals surface area contributed by atoms with E-state index in [1.54, 1.807) is 38.4 Å². The maximum atomic E-state index is 11.6. The van der Waals surface area contributed by atoms with E-state index in [4.69, 9.17) is 5.73 Å². The molecule has 86 valence electrons. The maximum absolute atomic E-state index is 11.6. The molecule has 3 N–H and O–H groups in total. The summed E-state index contributed by atoms with van der Waals surface area (Å²) in [6, 6.07) is 6.45. The number of carbonyl (C=O) groups excluding carboxylic acids is 2. The fourth-order valence-corrected chi connectivity index (χ4v) is 1.21. The number of hydrogen-bond donors (Lipinski definition) is 2. The molecule has 0 aliphatic rings. The fourth-order valence-electron chi connectivity index (χ4n) is 1.21. The van der Waals surface area contributed by atoms with Gasteiger partial charge in [0.1, 0.15) is 0 Å². The third-order valence-electron chi connectivity index (χ3n) is 2.07. The van der Waals surface area contributed by atoms with Crippen molar-refractivity contribution in [2.75, 3.05) is 14.1 Å². The number of hydrogen-bond acceptors (Lipinski definition) is 2. The Kier molecular flexibility index (Phi) is 3.88. The van der Waals surface area contributed by atoms with Crippen LogP contribution in [0.4, 0.5) is 4.79 Å². The third-order valence-corrected chi connectivity index (χ3v) is 2.07. The largest absolute Gasteiger partial charge is 0.352 e. The predicted molar refractivity (Wildman–Crippen MR) is 60.9 cm³/mol. The molecule has 1 aromatic carbocycles. The fraction of sp³-hybridized carbons (Fsp3) is 0.273. The van der Waals surface area contributed by atoms with E-state index in [1.165, 1.54) is 4.90 Å². The highest BCUT2D eigenvalue weighted by Crippen LogP contribution is 2.06. The number of nitrogens with one attached hydrogen (secondary N) is 1. The van der Waals surface area contributed by atoms with Gasteiger partial charge in [-0.2, -0.15) is 0 Å². The van der Waals surface area contributed by atoms with Crippen LogP contribution in [-0.4, -0.2) is 30.9 Å². The first-order valence-corrected chi connectivity index (χ1v) is 4.84. The first kappa shape index (κ1) is 12.0. The van der Waals surface area contributed by atoms with Gasteiger partial charge in [0.25, 0.3) is 5.91 Å². The Morgan fingerprint density at radius 3 is 2.25 bits per heavy atom. The summed E-state index contributed by atoms with van der Waals surface area (Å²) in [5, 5.41) is 2.48. The molecule has 0 spiro atoms. The minimum Gasteiger partial charge on any atom is -0.352 e. The van der Waals surface area contributed by atoms with Crippen LogP contribution in [0.25, 0.3) is 0 Å². The molecule has 0 fully saturated rings. The van der Waals surface area contributed by atoms with E-state index in [0.717, 1.165) is 5.56 Å². The molecule has 5 nitrogen and oxygen atoms in total. The average Bonchev–Trinajstić information content (AvgIpc) is 2.26. The normalized spacial score (nSPS) is 9.62. The lowest BCUT2D eigenvalue weighted by Crippen LogP contribution is -2.28. The molecule has 16 heavy (non-hydrogen) atoms. The molecule has 1 rings (SSSR count). The van der Waals surface area contributed by atoms with E-state index < -0.39 is 6.03 Å². The van der Waals surface area contributed by atoms with E-state index in [9.17, 15) is 9.59 Å². The van der Waals surface area contributed by atoms with Crippen LogP contribution >= 0.6 is 0 Å². The summed E-state index contributed by atoms with van der Waals surface area (Å²) >= 11 is 0. The van der Waals surface area contributed by atoms with Gasteiger partial charge < -0.3 is 16.0 Å². The Labute approximate surface area is 94.2 Å². The highest BCUT2D eigenvalue weighted by atomic mass is 16.2. The number of amides is 3. The van der Waals surface area contributed by atoms with Crippen LogP contribution in [0.15, 0.2) is 24.3 Å². The van der Waals surface area contributed by atoms with Gasteiger partial charge in [0.05, 0.1) is 0 Å². The number of nitrogens with two attached hydrogens (primary N) is 1. The van der Waals surface area contributed by atoms with E-state index >= 15 is 0 Å². The molecule has 0 saturated heterocycles. The summed E-state index contributed by atoms with van der Waals surface area (Å²) in [6.45, 7) is 0.367. The summed E-state index contributed by atoms with van der Waals surface area (Å²) in [4.78, 5) is 23.6. The zero-order chi connectivity index (χ0) is 12.1. The van der Waals surface area contributed by atoms with Crippen LogP contribution < -0.4 is 11.1 Å². The number of carbonyl (C=O) groups is 2. The van der Waals surface area contributed by atoms with Crippen molar-refractivity contribution in [2.24, 2.45) is 5.73 Å². The van der Waals surface area contributed by atoms with E-state index in [1.807, 2.05) is 0 Å². The van der Waals surface area contributed by atoms with Gasteiger partial charge in [-0.25, -0.2) is 4.79 Å². The van der Waals surface area contributed by atoms with Crippen LogP contribution in [0.5, 0.6) is 0 Å². The molecular weight excluding hydrogens is 206 g/mol. The molecule has 0 saturated carbocycles. The van der Waals surface area contributed by atoms with Gasteiger partial charge in [0.15, 0.2) is 0 Å². The van der Waals surface area contributed by atoms with Crippen molar-refractivity contribution < 1.29 is 9.59 Å². The van der Waals surface area contributed by atoms with Gasteiger partial charge in [-0.3, -0.25) is 4.79 Å². The van der Waals surface area contributed by atoms with Crippen molar-refractivity contribution in [1.29, 1.82) is 0 Å². The van der Waals surface area contributed by atoms with Crippen molar-refractivity contribution in [2.45, 2.75) is 6.54 Å². The van der Waals surface area contributed by atoms with Crippen molar-refractivity contribution in [1.82, 2.24) is 10.2 Å². The molecule has 5 heteroatoms. The van der Waals surface area contributed by atoms with E-state index in [0.29, 0.717) is 12.1 Å². The maximum Gasteiger partial charge on any atom is 0.312 e. The molecule has 0 bridgehead atoms. The summed E-state index contributed by atoms with van der Waals surface area (Å²) in [6.07, 6.45) is 0. The summed E-state index contributed by atoms with van der Waals surface area (Å²) in [5.74, 6) is -0.0468. The molecule has 0 aliphatic heterocycles. The molecule has 3 amide bonds. The molecular formula is C11H15N3O2. The molecule has 0 aliphatic carbocycles. The summed E-state index contributed by atoms with van der Waals surface area (Å²) in [5.41, 5.74) is 6.46. The second kappa shape index (κ2) is 5.16. The molecule has 0 unspecified atom stereocenters. The van der Waals surface area contributed by atoms with Crippen LogP contribution in [0.2, 0.25) is 0 Å². The quantitative estimate of drug-likeness (QED) is 0.782. The Balaban J connectivity index is 2.68. The SMILES string of the molecule is CN(C)C(=O)c1ccc(CNC(N)=O)cc1. The van der Waals surface area contributed by atoms with Crippen LogP contribution in [0, 0.1) is 0 Å². The van der Waals surface area contributed by atoms with Crippen LogP contribution in [-0.2, 0) is 6.54 Å². The van der Waals surface area contributed by atoms with Gasteiger partial charge >= 0.3 is 6.03 Å². The smallest absolute Gasteiger partial charge is 0.312 e. The molecule has 0 atom stereocenters. The van der Waals surface area contributed by atoms with Crippen molar-refractivity contribution in [3.05, 3.63) is 35.4 Å². The van der Waals surface area contributed by atoms with Gasteiger partial charge in [-0.15, -0.1) is 0 Å². The highest BCUT2D eigenvalue weighted by molar-refractivity contribution is 5.93. The lowest BCUT2D eigenvalue weighted by atomic mass is 10.1. The lowest BCUT2D eigenvalue weighted by molar-refractivity contribution is 0.0827. The summed E-state index contributed by atoms with van der Waals surface area (Å²) < 4.78 is 0. The molecule has 0 radical (unpaired) electrons. The highest BCUT2D eigenvalue weighted by Gasteiger charge is 2.06. The Morgan fingerprint density at radius 2 is 1.81 bits per heavy atom. The topological polar surface area (TPSA) is 75.4 Å². The van der Waals surface area contributed by atoms with Crippen molar-refractivity contribution in [3.8, 4) is 0 Å². The molecule has 0 aromatic heterocycles. The van der Waals surface area contributed by atoms with Gasteiger partial charge in [-0.1, -0.05) is 12.1 Å². The first-order chi connectivity index (χ1) is 7.50. The van der Waals surface area contributed by atoms with E-state index in [-0.39, 0.29) is 5.91 Å². The van der Waals surface area contributed by atoms with E-state index in [2.05, 4.69) is 5.32 Å². The zero-order valence-corrected chi connectivity index (χ0v) is 9.36. The van der Waals surface area contributed by atoms with Crippen LogP contribution in [0.1, 0.15) is 15.9 Å². The Morgan fingerprint density at radius 1 is 1.25 bits per heavy atom. The lowest BCUT2D eigenvalue weighted by Gasteiger charge is -2.10. The molecule has 1 aromatic rings. The number of primary amides is 1. The zero-order valence-electron chi connectivity index (χ0n) is 9.36. The molecule has 0 heterocycles. The van der Waals surface area contributed by atoms with Crippen molar-refractivity contribution >= 4 is 11.9 Å². The Bertz CT molecular complexity index is 385. The Hall–Kier alpha value is -2.04. The van der Waals surface area contributed by atoms with Gasteiger partial charge in [0.2, 0.25) is 0 Å². The summed E-state index contributed by atoms with van der Waals surface area (Å²) in [7, 11) is 3.40. The number of benzene rings is 1. The monoisotopic (exact) mass is 221 g/mol. The third kappa shape index (κ3) is 3.27. The number of rotatable bonds is 3. The second-order valence-electron chi connectivity index (χ2n) is 3.61. The van der Waals surface area contributed by atoms with Gasteiger partial charge in [0, 0.05) is 26.2 Å². The minimum absolute atomic E-state index is 0.0468. The average molecular weight is 221 g/mol.